The summed E-state index contributed by atoms with van der Waals surface area (Å²) in [5.41, 5.74) is 0.803. The fourth-order valence-electron chi connectivity index (χ4n) is 2.80. The van der Waals surface area contributed by atoms with Crippen molar-refractivity contribution in [3.8, 4) is 11.5 Å². The highest BCUT2D eigenvalue weighted by Crippen LogP contribution is 2.38. The van der Waals surface area contributed by atoms with Gasteiger partial charge in [-0.1, -0.05) is 11.6 Å². The van der Waals surface area contributed by atoms with Crippen LogP contribution >= 0.6 is 11.6 Å². The number of hydrogen-bond donors (Lipinski definition) is 1. The van der Waals surface area contributed by atoms with Gasteiger partial charge in [-0.3, -0.25) is 9.69 Å². The molecule has 1 aromatic rings. The molecule has 0 spiro atoms. The van der Waals surface area contributed by atoms with Gasteiger partial charge in [0.25, 0.3) is 0 Å². The SMILES string of the molecule is O=C(/C=C/c1cc(Cl)c2c(c1)OCCO2)NCCCN1CCOCC1. The van der Waals surface area contributed by atoms with E-state index in [1.54, 1.807) is 12.1 Å². The smallest absolute Gasteiger partial charge is 0.243 e. The summed E-state index contributed by atoms with van der Waals surface area (Å²) in [7, 11) is 0. The first-order valence-corrected chi connectivity index (χ1v) is 8.95. The van der Waals surface area contributed by atoms with Gasteiger partial charge in [-0.2, -0.15) is 0 Å². The highest BCUT2D eigenvalue weighted by Gasteiger charge is 2.16. The molecular weight excluding hydrogens is 344 g/mol. The number of halogens is 1. The Hall–Kier alpha value is -1.76. The van der Waals surface area contributed by atoms with Crippen molar-refractivity contribution in [3.63, 3.8) is 0 Å². The number of amides is 1. The average Bonchev–Trinajstić information content (AvgIpc) is 2.64. The first-order valence-electron chi connectivity index (χ1n) is 8.57. The lowest BCUT2D eigenvalue weighted by molar-refractivity contribution is -0.116. The van der Waals surface area contributed by atoms with Crippen LogP contribution in [0.25, 0.3) is 6.08 Å². The van der Waals surface area contributed by atoms with Crippen LogP contribution in [0.3, 0.4) is 0 Å². The van der Waals surface area contributed by atoms with E-state index in [1.165, 1.54) is 6.08 Å². The third-order valence-electron chi connectivity index (χ3n) is 4.10. The molecule has 0 unspecified atom stereocenters. The molecule has 136 valence electrons. The minimum atomic E-state index is -0.118. The number of ether oxygens (including phenoxy) is 3. The monoisotopic (exact) mass is 366 g/mol. The molecule has 1 aromatic carbocycles. The number of nitrogens with zero attached hydrogens (tertiary/aromatic N) is 1. The van der Waals surface area contributed by atoms with Gasteiger partial charge in [-0.05, 0) is 36.7 Å². The number of benzene rings is 1. The molecule has 6 nitrogen and oxygen atoms in total. The number of carbonyl (C=O) groups is 1. The summed E-state index contributed by atoms with van der Waals surface area (Å²) in [5.74, 6) is 1.06. The molecule has 1 N–H and O–H groups in total. The van der Waals surface area contributed by atoms with Gasteiger partial charge in [0.05, 0.1) is 18.2 Å². The highest BCUT2D eigenvalue weighted by molar-refractivity contribution is 6.32. The molecule has 25 heavy (non-hydrogen) atoms. The maximum atomic E-state index is 11.9. The Kier molecular flexibility index (Phi) is 6.55. The van der Waals surface area contributed by atoms with Gasteiger partial charge in [-0.25, -0.2) is 0 Å². The standard InChI is InChI=1S/C18H23ClN2O4/c19-15-12-14(13-16-18(15)25-11-10-24-16)2-3-17(22)20-4-1-5-21-6-8-23-9-7-21/h2-3,12-13H,1,4-11H2,(H,20,22)/b3-2+. The molecule has 0 saturated carbocycles. The fourth-order valence-corrected chi connectivity index (χ4v) is 3.07. The lowest BCUT2D eigenvalue weighted by Gasteiger charge is -2.26. The van der Waals surface area contributed by atoms with Crippen LogP contribution in [0.5, 0.6) is 11.5 Å². The van der Waals surface area contributed by atoms with Crippen LogP contribution < -0.4 is 14.8 Å². The third-order valence-corrected chi connectivity index (χ3v) is 4.38. The van der Waals surface area contributed by atoms with Gasteiger partial charge in [0.1, 0.15) is 13.2 Å². The van der Waals surface area contributed by atoms with E-state index in [-0.39, 0.29) is 5.91 Å². The van der Waals surface area contributed by atoms with E-state index < -0.39 is 0 Å². The van der Waals surface area contributed by atoms with Gasteiger partial charge in [-0.15, -0.1) is 0 Å². The predicted molar refractivity (Wildman–Crippen MR) is 96.4 cm³/mol. The minimum Gasteiger partial charge on any atom is -0.486 e. The summed E-state index contributed by atoms with van der Waals surface area (Å²) >= 11 is 6.19. The Balaban J connectivity index is 1.43. The quantitative estimate of drug-likeness (QED) is 0.616. The number of rotatable bonds is 6. The second-order valence-corrected chi connectivity index (χ2v) is 6.37. The fraction of sp³-hybridized carbons (Fsp3) is 0.500. The molecule has 1 fully saturated rings. The molecule has 2 heterocycles. The van der Waals surface area contributed by atoms with E-state index in [0.29, 0.717) is 36.3 Å². The number of morpholine rings is 1. The molecule has 0 aliphatic carbocycles. The van der Waals surface area contributed by atoms with E-state index in [9.17, 15) is 4.79 Å². The summed E-state index contributed by atoms with van der Waals surface area (Å²) in [5, 5.41) is 3.39. The summed E-state index contributed by atoms with van der Waals surface area (Å²) in [4.78, 5) is 14.3. The predicted octanol–water partition coefficient (Wildman–Crippen LogP) is 1.96. The van der Waals surface area contributed by atoms with Crippen molar-refractivity contribution in [2.45, 2.75) is 6.42 Å². The Labute approximate surface area is 152 Å². The van der Waals surface area contributed by atoms with Gasteiger partial charge in [0, 0.05) is 25.7 Å². The second kappa shape index (κ2) is 9.08. The minimum absolute atomic E-state index is 0.118. The molecule has 1 amide bonds. The van der Waals surface area contributed by atoms with Crippen LogP contribution in [0.4, 0.5) is 0 Å². The number of hydrogen-bond acceptors (Lipinski definition) is 5. The molecule has 0 bridgehead atoms. The van der Waals surface area contributed by atoms with E-state index >= 15 is 0 Å². The molecule has 3 rings (SSSR count). The second-order valence-electron chi connectivity index (χ2n) is 5.96. The molecule has 1 saturated heterocycles. The molecule has 7 heteroatoms. The first kappa shape index (κ1) is 18.0. The lowest BCUT2D eigenvalue weighted by Crippen LogP contribution is -2.38. The Bertz CT molecular complexity index is 630. The molecule has 2 aliphatic heterocycles. The van der Waals surface area contributed by atoms with Gasteiger partial charge < -0.3 is 19.5 Å². The van der Waals surface area contributed by atoms with E-state index in [4.69, 9.17) is 25.8 Å². The van der Waals surface area contributed by atoms with E-state index in [1.807, 2.05) is 6.07 Å². The van der Waals surface area contributed by atoms with Crippen LogP contribution in [0.1, 0.15) is 12.0 Å². The molecule has 0 radical (unpaired) electrons. The normalized spacial score (nSPS) is 17.6. The van der Waals surface area contributed by atoms with Crippen molar-refractivity contribution in [2.75, 3.05) is 52.6 Å². The topological polar surface area (TPSA) is 60.0 Å². The largest absolute Gasteiger partial charge is 0.486 e. The zero-order valence-corrected chi connectivity index (χ0v) is 14.9. The maximum absolute atomic E-state index is 11.9. The molecule has 2 aliphatic rings. The Morgan fingerprint density at radius 1 is 1.20 bits per heavy atom. The summed E-state index contributed by atoms with van der Waals surface area (Å²) < 4.78 is 16.3. The lowest BCUT2D eigenvalue weighted by atomic mass is 10.1. The third kappa shape index (κ3) is 5.36. The molecule has 0 atom stereocenters. The van der Waals surface area contributed by atoms with Crippen molar-refractivity contribution in [3.05, 3.63) is 28.8 Å². The van der Waals surface area contributed by atoms with Crippen molar-refractivity contribution < 1.29 is 19.0 Å². The van der Waals surface area contributed by atoms with Crippen molar-refractivity contribution in [1.29, 1.82) is 0 Å². The Morgan fingerprint density at radius 2 is 2.00 bits per heavy atom. The van der Waals surface area contributed by atoms with Crippen LogP contribution in [-0.2, 0) is 9.53 Å². The zero-order chi connectivity index (χ0) is 17.5. The van der Waals surface area contributed by atoms with Gasteiger partial charge in [0.2, 0.25) is 5.91 Å². The van der Waals surface area contributed by atoms with Crippen molar-refractivity contribution in [2.24, 2.45) is 0 Å². The van der Waals surface area contributed by atoms with Crippen molar-refractivity contribution in [1.82, 2.24) is 10.2 Å². The number of fused-ring (bicyclic) bond motifs is 1. The average molecular weight is 367 g/mol. The van der Waals surface area contributed by atoms with Crippen LogP contribution in [-0.4, -0.2) is 63.4 Å². The highest BCUT2D eigenvalue weighted by atomic mass is 35.5. The van der Waals surface area contributed by atoms with Crippen molar-refractivity contribution >= 4 is 23.6 Å². The summed E-state index contributed by atoms with van der Waals surface area (Å²) in [6, 6.07) is 3.58. The Morgan fingerprint density at radius 3 is 2.84 bits per heavy atom. The van der Waals surface area contributed by atoms with E-state index in [2.05, 4.69) is 10.2 Å². The number of nitrogens with one attached hydrogen (secondary N) is 1. The first-order chi connectivity index (χ1) is 12.2. The van der Waals surface area contributed by atoms with E-state index in [0.717, 1.165) is 44.8 Å². The summed E-state index contributed by atoms with van der Waals surface area (Å²) in [6.45, 7) is 6.17. The maximum Gasteiger partial charge on any atom is 0.243 e. The van der Waals surface area contributed by atoms with Gasteiger partial charge in [0.15, 0.2) is 11.5 Å². The van der Waals surface area contributed by atoms with Crippen LogP contribution in [0, 0.1) is 0 Å². The molecule has 0 aromatic heterocycles. The van der Waals surface area contributed by atoms with Crippen LogP contribution in [0.2, 0.25) is 5.02 Å². The summed E-state index contributed by atoms with van der Waals surface area (Å²) in [6.07, 6.45) is 4.16. The van der Waals surface area contributed by atoms with Crippen LogP contribution in [0.15, 0.2) is 18.2 Å². The zero-order valence-electron chi connectivity index (χ0n) is 14.1. The molecular formula is C18H23ClN2O4. The van der Waals surface area contributed by atoms with Gasteiger partial charge >= 0.3 is 0 Å². The number of carbonyl (C=O) groups excluding carboxylic acids is 1.